The second-order valence-electron chi connectivity index (χ2n) is 7.81. The van der Waals surface area contributed by atoms with Gasteiger partial charge in [0.05, 0.1) is 5.92 Å². The summed E-state index contributed by atoms with van der Waals surface area (Å²) >= 11 is 0. The summed E-state index contributed by atoms with van der Waals surface area (Å²) in [6, 6.07) is 0. The molecule has 0 radical (unpaired) electrons. The number of esters is 1. The minimum absolute atomic E-state index is 0.0826. The molecule has 1 heterocycles. The van der Waals surface area contributed by atoms with E-state index in [1.807, 2.05) is 0 Å². The Balaban J connectivity index is 1.88. The van der Waals surface area contributed by atoms with Gasteiger partial charge in [0.15, 0.2) is 0 Å². The van der Waals surface area contributed by atoms with E-state index >= 15 is 0 Å². The maximum atomic E-state index is 11.9. The molecule has 1 aliphatic rings. The summed E-state index contributed by atoms with van der Waals surface area (Å²) in [4.78, 5) is 11.9. The van der Waals surface area contributed by atoms with Crippen molar-refractivity contribution in [2.45, 2.75) is 129 Å². The van der Waals surface area contributed by atoms with Crippen LogP contribution in [0.25, 0.3) is 0 Å². The maximum absolute atomic E-state index is 11.9. The van der Waals surface area contributed by atoms with Crippen LogP contribution >= 0.6 is 0 Å². The van der Waals surface area contributed by atoms with E-state index in [0.717, 1.165) is 19.3 Å². The molecule has 2 nitrogen and oxygen atoms in total. The van der Waals surface area contributed by atoms with Crippen molar-refractivity contribution >= 4 is 5.97 Å². The number of ether oxygens (including phenoxy) is 1. The zero-order valence-corrected chi connectivity index (χ0v) is 16.5. The van der Waals surface area contributed by atoms with Crippen LogP contribution in [0.2, 0.25) is 0 Å². The Morgan fingerprint density at radius 1 is 0.708 bits per heavy atom. The highest BCUT2D eigenvalue weighted by Crippen LogP contribution is 2.29. The Hall–Kier alpha value is -0.530. The lowest BCUT2D eigenvalue weighted by Crippen LogP contribution is -2.07. The Kier molecular flexibility index (Phi) is 13.3. The van der Waals surface area contributed by atoms with Gasteiger partial charge >= 0.3 is 5.97 Å². The number of carbonyl (C=O) groups excluding carboxylic acids is 1. The fraction of sp³-hybridized carbons (Fsp3) is 0.955. The minimum atomic E-state index is 0.0826. The van der Waals surface area contributed by atoms with Gasteiger partial charge in [-0.15, -0.1) is 0 Å². The number of hydrogen-bond acceptors (Lipinski definition) is 2. The smallest absolute Gasteiger partial charge is 0.309 e. The molecule has 0 bridgehead atoms. The van der Waals surface area contributed by atoms with E-state index in [0.29, 0.717) is 0 Å². The van der Waals surface area contributed by atoms with E-state index in [-0.39, 0.29) is 18.0 Å². The molecule has 0 amide bonds. The quantitative estimate of drug-likeness (QED) is 0.220. The van der Waals surface area contributed by atoms with Crippen molar-refractivity contribution in [1.29, 1.82) is 0 Å². The first-order valence-corrected chi connectivity index (χ1v) is 11.0. The number of hydrogen-bond donors (Lipinski definition) is 0. The van der Waals surface area contributed by atoms with Gasteiger partial charge in [-0.2, -0.15) is 0 Å². The Labute approximate surface area is 151 Å². The third-order valence-corrected chi connectivity index (χ3v) is 5.45. The van der Waals surface area contributed by atoms with E-state index in [1.54, 1.807) is 0 Å². The van der Waals surface area contributed by atoms with E-state index in [4.69, 9.17) is 4.74 Å². The van der Waals surface area contributed by atoms with Crippen molar-refractivity contribution in [3.63, 3.8) is 0 Å². The first-order chi connectivity index (χ1) is 11.8. The van der Waals surface area contributed by atoms with Gasteiger partial charge in [0.2, 0.25) is 0 Å². The summed E-state index contributed by atoms with van der Waals surface area (Å²) < 4.78 is 5.56. The van der Waals surface area contributed by atoms with Crippen LogP contribution in [-0.4, -0.2) is 12.1 Å². The van der Waals surface area contributed by atoms with Gasteiger partial charge in [-0.3, -0.25) is 4.79 Å². The van der Waals surface area contributed by atoms with Crippen molar-refractivity contribution in [2.24, 2.45) is 5.92 Å². The van der Waals surface area contributed by atoms with Crippen molar-refractivity contribution in [2.75, 3.05) is 0 Å². The molecule has 0 unspecified atom stereocenters. The van der Waals surface area contributed by atoms with Crippen molar-refractivity contribution in [3.8, 4) is 0 Å². The highest BCUT2D eigenvalue weighted by Gasteiger charge is 2.33. The van der Waals surface area contributed by atoms with Gasteiger partial charge in [0, 0.05) is 0 Å². The predicted molar refractivity (Wildman–Crippen MR) is 103 cm³/mol. The monoisotopic (exact) mass is 338 g/mol. The molecule has 0 aromatic heterocycles. The fourth-order valence-corrected chi connectivity index (χ4v) is 3.81. The summed E-state index contributed by atoms with van der Waals surface area (Å²) in [6.45, 7) is 4.49. The zero-order chi connectivity index (χ0) is 17.5. The molecule has 2 heteroatoms. The molecule has 0 saturated carbocycles. The van der Waals surface area contributed by atoms with Gasteiger partial charge < -0.3 is 4.74 Å². The van der Waals surface area contributed by atoms with Crippen LogP contribution in [0.5, 0.6) is 0 Å². The lowest BCUT2D eigenvalue weighted by Gasteiger charge is -2.08. The lowest BCUT2D eigenvalue weighted by atomic mass is 9.96. The second kappa shape index (κ2) is 14.8. The topological polar surface area (TPSA) is 26.3 Å². The van der Waals surface area contributed by atoms with Crippen LogP contribution in [0.4, 0.5) is 0 Å². The summed E-state index contributed by atoms with van der Waals surface area (Å²) in [5.41, 5.74) is 0. The minimum Gasteiger partial charge on any atom is -0.462 e. The third-order valence-electron chi connectivity index (χ3n) is 5.45. The number of unbranched alkanes of at least 4 members (excludes halogenated alkanes) is 12. The van der Waals surface area contributed by atoms with Crippen LogP contribution in [0.3, 0.4) is 0 Å². The molecule has 142 valence electrons. The lowest BCUT2D eigenvalue weighted by molar-refractivity contribution is -0.144. The van der Waals surface area contributed by atoms with Crippen LogP contribution in [-0.2, 0) is 9.53 Å². The van der Waals surface area contributed by atoms with E-state index in [1.165, 1.54) is 89.9 Å². The summed E-state index contributed by atoms with van der Waals surface area (Å²) in [6.07, 6.45) is 22.1. The molecule has 1 saturated heterocycles. The normalized spacial score (nSPS) is 20.5. The number of cyclic esters (lactones) is 1. The van der Waals surface area contributed by atoms with Gasteiger partial charge in [-0.25, -0.2) is 0 Å². The largest absolute Gasteiger partial charge is 0.462 e. The molecular weight excluding hydrogens is 296 g/mol. The Morgan fingerprint density at radius 2 is 1.17 bits per heavy atom. The zero-order valence-electron chi connectivity index (χ0n) is 16.5. The second-order valence-corrected chi connectivity index (χ2v) is 7.81. The highest BCUT2D eigenvalue weighted by molar-refractivity contribution is 5.74. The molecular formula is C22H42O2. The summed E-state index contributed by atoms with van der Waals surface area (Å²) in [7, 11) is 0. The summed E-state index contributed by atoms with van der Waals surface area (Å²) in [5, 5.41) is 0. The first-order valence-electron chi connectivity index (χ1n) is 11.0. The van der Waals surface area contributed by atoms with Gasteiger partial charge in [-0.1, -0.05) is 97.3 Å². The number of rotatable bonds is 16. The van der Waals surface area contributed by atoms with E-state index < -0.39 is 0 Å². The molecule has 1 fully saturated rings. The van der Waals surface area contributed by atoms with Crippen molar-refractivity contribution < 1.29 is 9.53 Å². The standard InChI is InChI=1S/C22H42O2/c1-3-5-7-8-9-10-11-12-13-14-16-18-21-19-20(22(23)24-21)17-15-6-4-2/h20-21H,3-19H2,1-2H3/t20-,21+/m1/s1. The van der Waals surface area contributed by atoms with Crippen LogP contribution in [0, 0.1) is 5.92 Å². The summed E-state index contributed by atoms with van der Waals surface area (Å²) in [5.74, 6) is 0.286. The average Bonchev–Trinajstić information content (AvgIpc) is 2.93. The highest BCUT2D eigenvalue weighted by atomic mass is 16.5. The SMILES string of the molecule is CCCCCCCCCCCCC[C@H]1C[C@@H](CCCCC)C(=O)O1. The molecule has 0 aliphatic carbocycles. The molecule has 0 aromatic carbocycles. The van der Waals surface area contributed by atoms with E-state index in [2.05, 4.69) is 13.8 Å². The molecule has 0 spiro atoms. The van der Waals surface area contributed by atoms with Crippen molar-refractivity contribution in [1.82, 2.24) is 0 Å². The molecule has 0 aromatic rings. The van der Waals surface area contributed by atoms with Gasteiger partial charge in [0.25, 0.3) is 0 Å². The predicted octanol–water partition coefficient (Wildman–Crippen LogP) is 7.20. The Morgan fingerprint density at radius 3 is 1.75 bits per heavy atom. The molecule has 2 atom stereocenters. The fourth-order valence-electron chi connectivity index (χ4n) is 3.81. The number of carbonyl (C=O) groups is 1. The maximum Gasteiger partial charge on any atom is 0.309 e. The molecule has 1 rings (SSSR count). The van der Waals surface area contributed by atoms with Crippen LogP contribution < -0.4 is 0 Å². The third kappa shape index (κ3) is 10.4. The van der Waals surface area contributed by atoms with Gasteiger partial charge in [-0.05, 0) is 25.7 Å². The molecule has 1 aliphatic heterocycles. The van der Waals surface area contributed by atoms with Gasteiger partial charge in [0.1, 0.15) is 6.10 Å². The van der Waals surface area contributed by atoms with Crippen LogP contribution in [0.1, 0.15) is 123 Å². The molecule has 0 N–H and O–H groups in total. The van der Waals surface area contributed by atoms with E-state index in [9.17, 15) is 4.79 Å². The Bertz CT molecular complexity index is 300. The molecule has 24 heavy (non-hydrogen) atoms. The van der Waals surface area contributed by atoms with Crippen molar-refractivity contribution in [3.05, 3.63) is 0 Å². The first kappa shape index (κ1) is 21.5. The van der Waals surface area contributed by atoms with Crippen LogP contribution in [0.15, 0.2) is 0 Å². The average molecular weight is 339 g/mol.